The van der Waals surface area contributed by atoms with Gasteiger partial charge in [-0.1, -0.05) is 12.8 Å². The lowest BCUT2D eigenvalue weighted by Gasteiger charge is -2.31. The third-order valence-electron chi connectivity index (χ3n) is 4.42. The monoisotopic (exact) mass is 233 g/mol. The molecule has 2 N–H and O–H groups in total. The lowest BCUT2D eigenvalue weighted by atomic mass is 9.82. The minimum atomic E-state index is 0.355. The van der Waals surface area contributed by atoms with Gasteiger partial charge in [-0.05, 0) is 44.4 Å². The van der Waals surface area contributed by atoms with Crippen molar-refractivity contribution in [3.05, 3.63) is 18.2 Å². The van der Waals surface area contributed by atoms with E-state index in [0.29, 0.717) is 12.1 Å². The second-order valence-corrected chi connectivity index (χ2v) is 5.82. The summed E-state index contributed by atoms with van der Waals surface area (Å²) in [4.78, 5) is 7.53. The van der Waals surface area contributed by atoms with Gasteiger partial charge in [0, 0.05) is 18.4 Å². The van der Waals surface area contributed by atoms with Gasteiger partial charge in [0.05, 0.1) is 6.04 Å². The zero-order chi connectivity index (χ0) is 11.7. The fourth-order valence-electron chi connectivity index (χ4n) is 3.32. The molecule has 0 amide bonds. The topological polar surface area (TPSA) is 40.7 Å². The number of hydrogen-bond acceptors (Lipinski definition) is 2. The van der Waals surface area contributed by atoms with Crippen LogP contribution in [0, 0.1) is 11.8 Å². The number of rotatable bonds is 4. The van der Waals surface area contributed by atoms with Gasteiger partial charge >= 0.3 is 0 Å². The fraction of sp³-hybridized carbons (Fsp3) is 0.786. The first-order valence-electron chi connectivity index (χ1n) is 7.08. The molecule has 0 bridgehead atoms. The van der Waals surface area contributed by atoms with Crippen molar-refractivity contribution in [1.82, 2.24) is 15.3 Å². The molecule has 3 unspecified atom stereocenters. The highest BCUT2D eigenvalue weighted by Crippen LogP contribution is 2.44. The summed E-state index contributed by atoms with van der Waals surface area (Å²) in [6.07, 6.45) is 12.3. The van der Waals surface area contributed by atoms with Crippen molar-refractivity contribution in [2.45, 2.75) is 57.5 Å². The molecule has 3 rings (SSSR count). The summed E-state index contributed by atoms with van der Waals surface area (Å²) >= 11 is 0. The van der Waals surface area contributed by atoms with Gasteiger partial charge in [0.1, 0.15) is 5.82 Å². The molecule has 2 saturated carbocycles. The Morgan fingerprint density at radius 1 is 1.29 bits per heavy atom. The summed E-state index contributed by atoms with van der Waals surface area (Å²) in [6.45, 7) is 2.21. The van der Waals surface area contributed by atoms with E-state index in [4.69, 9.17) is 0 Å². The van der Waals surface area contributed by atoms with Gasteiger partial charge in [-0.25, -0.2) is 4.98 Å². The van der Waals surface area contributed by atoms with Crippen molar-refractivity contribution in [2.24, 2.45) is 11.8 Å². The van der Waals surface area contributed by atoms with E-state index in [2.05, 4.69) is 22.2 Å². The molecule has 0 saturated heterocycles. The summed E-state index contributed by atoms with van der Waals surface area (Å²) in [6, 6.07) is 1.06. The average molecular weight is 233 g/mol. The Morgan fingerprint density at radius 2 is 2.18 bits per heavy atom. The molecule has 2 aliphatic carbocycles. The van der Waals surface area contributed by atoms with Crippen LogP contribution >= 0.6 is 0 Å². The van der Waals surface area contributed by atoms with E-state index in [1.807, 2.05) is 12.4 Å². The van der Waals surface area contributed by atoms with E-state index in [9.17, 15) is 0 Å². The van der Waals surface area contributed by atoms with Crippen LogP contribution in [0.15, 0.2) is 12.4 Å². The number of imidazole rings is 1. The van der Waals surface area contributed by atoms with Crippen LogP contribution in [0.3, 0.4) is 0 Å². The Morgan fingerprint density at radius 3 is 2.88 bits per heavy atom. The Kier molecular flexibility index (Phi) is 3.19. The predicted octanol–water partition coefficient (Wildman–Crippen LogP) is 3.03. The zero-order valence-electron chi connectivity index (χ0n) is 10.7. The molecular formula is C14H23N3. The molecular weight excluding hydrogens is 210 g/mol. The number of nitrogens with one attached hydrogen (secondary N) is 2. The first-order valence-corrected chi connectivity index (χ1v) is 7.08. The maximum atomic E-state index is 4.33. The van der Waals surface area contributed by atoms with Crippen molar-refractivity contribution < 1.29 is 0 Å². The van der Waals surface area contributed by atoms with Crippen LogP contribution in [0.5, 0.6) is 0 Å². The van der Waals surface area contributed by atoms with Gasteiger partial charge < -0.3 is 10.3 Å². The third-order valence-corrected chi connectivity index (χ3v) is 4.42. The maximum absolute atomic E-state index is 4.33. The van der Waals surface area contributed by atoms with Gasteiger partial charge in [0.25, 0.3) is 0 Å². The van der Waals surface area contributed by atoms with E-state index >= 15 is 0 Å². The van der Waals surface area contributed by atoms with Crippen LogP contribution < -0.4 is 5.32 Å². The van der Waals surface area contributed by atoms with Crippen molar-refractivity contribution in [3.63, 3.8) is 0 Å². The highest BCUT2D eigenvalue weighted by molar-refractivity contribution is 4.96. The molecule has 0 spiro atoms. The lowest BCUT2D eigenvalue weighted by Crippen LogP contribution is -2.36. The van der Waals surface area contributed by atoms with Crippen molar-refractivity contribution in [1.29, 1.82) is 0 Å². The summed E-state index contributed by atoms with van der Waals surface area (Å²) < 4.78 is 0. The smallest absolute Gasteiger partial charge is 0.122 e. The summed E-state index contributed by atoms with van der Waals surface area (Å²) in [5.74, 6) is 3.14. The molecule has 2 fully saturated rings. The number of H-pyrrole nitrogens is 1. The molecule has 2 aliphatic rings. The van der Waals surface area contributed by atoms with E-state index < -0.39 is 0 Å². The van der Waals surface area contributed by atoms with Gasteiger partial charge in [0.2, 0.25) is 0 Å². The molecule has 94 valence electrons. The van der Waals surface area contributed by atoms with Gasteiger partial charge in [-0.2, -0.15) is 0 Å². The van der Waals surface area contributed by atoms with Crippen molar-refractivity contribution in [3.8, 4) is 0 Å². The first kappa shape index (κ1) is 11.3. The fourth-order valence-corrected chi connectivity index (χ4v) is 3.32. The average Bonchev–Trinajstić information content (AvgIpc) is 3.04. The second kappa shape index (κ2) is 4.81. The lowest BCUT2D eigenvalue weighted by molar-refractivity contribution is 0.248. The summed E-state index contributed by atoms with van der Waals surface area (Å²) in [5.41, 5.74) is 0. The molecule has 3 nitrogen and oxygen atoms in total. The van der Waals surface area contributed by atoms with Crippen LogP contribution in [0.2, 0.25) is 0 Å². The minimum Gasteiger partial charge on any atom is -0.347 e. The Balaban J connectivity index is 1.53. The van der Waals surface area contributed by atoms with Gasteiger partial charge in [0.15, 0.2) is 0 Å². The van der Waals surface area contributed by atoms with Crippen LogP contribution in [-0.2, 0) is 0 Å². The Bertz CT molecular complexity index is 342. The highest BCUT2D eigenvalue weighted by atomic mass is 15.0. The molecule has 17 heavy (non-hydrogen) atoms. The van der Waals surface area contributed by atoms with Crippen molar-refractivity contribution in [2.75, 3.05) is 0 Å². The summed E-state index contributed by atoms with van der Waals surface area (Å²) in [7, 11) is 0. The zero-order valence-corrected chi connectivity index (χ0v) is 10.7. The molecule has 1 aromatic rings. The predicted molar refractivity (Wildman–Crippen MR) is 68.6 cm³/mol. The highest BCUT2D eigenvalue weighted by Gasteiger charge is 2.34. The van der Waals surface area contributed by atoms with E-state index in [-0.39, 0.29) is 0 Å². The summed E-state index contributed by atoms with van der Waals surface area (Å²) in [5, 5.41) is 3.74. The number of aromatic amines is 1. The maximum Gasteiger partial charge on any atom is 0.122 e. The molecule has 0 aromatic carbocycles. The van der Waals surface area contributed by atoms with Gasteiger partial charge in [-0.3, -0.25) is 0 Å². The third kappa shape index (κ3) is 2.71. The number of aromatic nitrogens is 2. The normalized spacial score (nSPS) is 31.4. The first-order chi connectivity index (χ1) is 8.33. The Hall–Kier alpha value is -0.830. The molecule has 3 atom stereocenters. The van der Waals surface area contributed by atoms with Gasteiger partial charge in [-0.15, -0.1) is 0 Å². The molecule has 1 aromatic heterocycles. The van der Waals surface area contributed by atoms with Crippen LogP contribution in [0.4, 0.5) is 0 Å². The molecule has 1 heterocycles. The SMILES string of the molecule is CC(NC1CCCC(C2CC2)C1)c1ncc[nH]1. The standard InChI is InChI=1S/C14H23N3/c1-10(14-15-7-8-16-14)17-13-4-2-3-12(9-13)11-5-6-11/h7-8,10-13,17H,2-6,9H2,1H3,(H,15,16). The molecule has 0 radical (unpaired) electrons. The quantitative estimate of drug-likeness (QED) is 0.839. The number of nitrogens with zero attached hydrogens (tertiary/aromatic N) is 1. The molecule has 3 heteroatoms. The van der Waals surface area contributed by atoms with Crippen molar-refractivity contribution >= 4 is 0 Å². The minimum absolute atomic E-state index is 0.355. The van der Waals surface area contributed by atoms with E-state index in [1.54, 1.807) is 0 Å². The largest absolute Gasteiger partial charge is 0.347 e. The number of hydrogen-bond donors (Lipinski definition) is 2. The Labute approximate surface area is 103 Å². The van der Waals surface area contributed by atoms with Crippen LogP contribution in [0.1, 0.15) is 57.3 Å². The van der Waals surface area contributed by atoms with Crippen LogP contribution in [-0.4, -0.2) is 16.0 Å². The van der Waals surface area contributed by atoms with E-state index in [1.165, 1.54) is 38.5 Å². The molecule has 0 aliphatic heterocycles. The van der Waals surface area contributed by atoms with Crippen LogP contribution in [0.25, 0.3) is 0 Å². The van der Waals surface area contributed by atoms with E-state index in [0.717, 1.165) is 17.7 Å². The second-order valence-electron chi connectivity index (χ2n) is 5.82.